The molecule has 1 heteroatoms. The summed E-state index contributed by atoms with van der Waals surface area (Å²) in [6.45, 7) is 6.09. The molecular weight excluding hydrogens is 110 g/mol. The number of hydrogen-bond acceptors (Lipinski definition) is 1. The van der Waals surface area contributed by atoms with Crippen LogP contribution in [0.1, 0.15) is 12.8 Å². The summed E-state index contributed by atoms with van der Waals surface area (Å²) >= 11 is 0. The fourth-order valence-corrected chi connectivity index (χ4v) is 1.13. The van der Waals surface area contributed by atoms with E-state index in [4.69, 9.17) is 0 Å². The molecule has 1 atom stereocenters. The molecule has 1 unspecified atom stereocenters. The van der Waals surface area contributed by atoms with Gasteiger partial charge in [0.15, 0.2) is 0 Å². The lowest BCUT2D eigenvalue weighted by Gasteiger charge is -1.96. The summed E-state index contributed by atoms with van der Waals surface area (Å²) in [5.74, 6) is 0.784. The molecule has 1 aliphatic rings. The summed E-state index contributed by atoms with van der Waals surface area (Å²) in [5, 5.41) is 3.31. The minimum absolute atomic E-state index is 0.784. The summed E-state index contributed by atoms with van der Waals surface area (Å²) in [4.78, 5) is 0. The van der Waals surface area contributed by atoms with Gasteiger partial charge in [-0.3, -0.25) is 0 Å². The fourth-order valence-electron chi connectivity index (χ4n) is 1.13. The maximum Gasteiger partial charge on any atom is 0.00146 e. The molecule has 1 radical (unpaired) electrons. The number of hydrogen-bond donors (Lipinski definition) is 1. The second-order valence-electron chi connectivity index (χ2n) is 2.47. The van der Waals surface area contributed by atoms with Gasteiger partial charge in [-0.2, -0.15) is 0 Å². The Labute approximate surface area is 57.1 Å². The Hall–Kier alpha value is -0.300. The topological polar surface area (TPSA) is 12.0 Å². The van der Waals surface area contributed by atoms with E-state index in [9.17, 15) is 0 Å². The summed E-state index contributed by atoms with van der Waals surface area (Å²) in [6.07, 6.45) is 6.65. The van der Waals surface area contributed by atoms with E-state index in [1.807, 2.05) is 0 Å². The first-order chi connectivity index (χ1) is 4.43. The normalized spacial score (nSPS) is 27.9. The molecule has 0 spiro atoms. The van der Waals surface area contributed by atoms with Gasteiger partial charge in [0.05, 0.1) is 0 Å². The summed E-state index contributed by atoms with van der Waals surface area (Å²) in [6, 6.07) is 0. The average Bonchev–Trinajstić information content (AvgIpc) is 2.34. The van der Waals surface area contributed by atoms with E-state index in [-0.39, 0.29) is 0 Å². The molecule has 0 aromatic carbocycles. The van der Waals surface area contributed by atoms with Crippen molar-refractivity contribution in [3.05, 3.63) is 19.1 Å². The molecule has 1 aliphatic heterocycles. The lowest BCUT2D eigenvalue weighted by atomic mass is 10.1. The second kappa shape index (κ2) is 3.67. The lowest BCUT2D eigenvalue weighted by molar-refractivity contribution is 0.726. The molecule has 1 N–H and O–H groups in total. The smallest absolute Gasteiger partial charge is 0.00146 e. The van der Waals surface area contributed by atoms with Crippen molar-refractivity contribution >= 4 is 0 Å². The van der Waals surface area contributed by atoms with Crippen LogP contribution in [0.3, 0.4) is 0 Å². The van der Waals surface area contributed by atoms with Gasteiger partial charge in [0.25, 0.3) is 0 Å². The van der Waals surface area contributed by atoms with Crippen molar-refractivity contribution in [2.24, 2.45) is 5.92 Å². The molecule has 1 heterocycles. The maximum absolute atomic E-state index is 3.74. The zero-order valence-corrected chi connectivity index (χ0v) is 5.77. The van der Waals surface area contributed by atoms with Crippen molar-refractivity contribution < 1.29 is 0 Å². The van der Waals surface area contributed by atoms with Crippen LogP contribution in [0.4, 0.5) is 0 Å². The second-order valence-corrected chi connectivity index (χ2v) is 2.47. The van der Waals surface area contributed by atoms with Crippen LogP contribution in [0.5, 0.6) is 0 Å². The highest BCUT2D eigenvalue weighted by atomic mass is 14.9. The van der Waals surface area contributed by atoms with Crippen molar-refractivity contribution in [1.29, 1.82) is 0 Å². The summed E-state index contributed by atoms with van der Waals surface area (Å²) < 4.78 is 0. The van der Waals surface area contributed by atoms with Crippen LogP contribution in [0.25, 0.3) is 0 Å². The molecule has 0 amide bonds. The van der Waals surface area contributed by atoms with Crippen LogP contribution in [-0.2, 0) is 0 Å². The highest BCUT2D eigenvalue weighted by Crippen LogP contribution is 2.08. The fraction of sp³-hybridized carbons (Fsp3) is 0.625. The molecule has 1 rings (SSSR count). The Morgan fingerprint density at radius 1 is 1.67 bits per heavy atom. The SMILES string of the molecule is [CH2]CC=CC1CCNC1. The van der Waals surface area contributed by atoms with Crippen LogP contribution in [0, 0.1) is 12.8 Å². The van der Waals surface area contributed by atoms with Crippen molar-refractivity contribution in [3.63, 3.8) is 0 Å². The molecule has 51 valence electrons. The number of allylic oxidation sites excluding steroid dienone is 1. The average molecular weight is 124 g/mol. The number of nitrogens with one attached hydrogen (secondary N) is 1. The van der Waals surface area contributed by atoms with Gasteiger partial charge in [-0.25, -0.2) is 0 Å². The third-order valence-corrected chi connectivity index (χ3v) is 1.67. The monoisotopic (exact) mass is 124 g/mol. The Bertz CT molecular complexity index is 90.7. The van der Waals surface area contributed by atoms with E-state index >= 15 is 0 Å². The van der Waals surface area contributed by atoms with Crippen LogP contribution < -0.4 is 5.32 Å². The molecule has 9 heavy (non-hydrogen) atoms. The molecule has 0 saturated carbocycles. The summed E-state index contributed by atoms with van der Waals surface area (Å²) in [7, 11) is 0. The van der Waals surface area contributed by atoms with Gasteiger partial charge in [0.2, 0.25) is 0 Å². The predicted octanol–water partition coefficient (Wildman–Crippen LogP) is 1.38. The van der Waals surface area contributed by atoms with Crippen molar-refractivity contribution in [3.8, 4) is 0 Å². The molecule has 0 aromatic heterocycles. The maximum atomic E-state index is 3.74. The molecule has 1 nitrogen and oxygen atoms in total. The van der Waals surface area contributed by atoms with E-state index in [1.165, 1.54) is 13.0 Å². The molecule has 0 aliphatic carbocycles. The Morgan fingerprint density at radius 3 is 3.11 bits per heavy atom. The third-order valence-electron chi connectivity index (χ3n) is 1.67. The van der Waals surface area contributed by atoms with E-state index in [0.29, 0.717) is 0 Å². The van der Waals surface area contributed by atoms with Gasteiger partial charge in [-0.15, -0.1) is 0 Å². The minimum Gasteiger partial charge on any atom is -0.316 e. The highest BCUT2D eigenvalue weighted by molar-refractivity contribution is 4.92. The quantitative estimate of drug-likeness (QED) is 0.548. The van der Waals surface area contributed by atoms with Gasteiger partial charge < -0.3 is 5.32 Å². The highest BCUT2D eigenvalue weighted by Gasteiger charge is 2.09. The van der Waals surface area contributed by atoms with Gasteiger partial charge in [-0.05, 0) is 32.2 Å². The molecular formula is C8H14N. The zero-order valence-electron chi connectivity index (χ0n) is 5.77. The van der Waals surface area contributed by atoms with Crippen LogP contribution in [-0.4, -0.2) is 13.1 Å². The molecule has 1 fully saturated rings. The van der Waals surface area contributed by atoms with Gasteiger partial charge in [-0.1, -0.05) is 12.2 Å². The van der Waals surface area contributed by atoms with Crippen molar-refractivity contribution in [2.75, 3.05) is 13.1 Å². The van der Waals surface area contributed by atoms with E-state index in [1.54, 1.807) is 0 Å². The van der Waals surface area contributed by atoms with Crippen LogP contribution in [0.15, 0.2) is 12.2 Å². The first-order valence-corrected chi connectivity index (χ1v) is 3.60. The van der Waals surface area contributed by atoms with E-state index in [0.717, 1.165) is 18.9 Å². The largest absolute Gasteiger partial charge is 0.316 e. The first-order valence-electron chi connectivity index (χ1n) is 3.60. The third kappa shape index (κ3) is 2.19. The van der Waals surface area contributed by atoms with Gasteiger partial charge in [0, 0.05) is 6.54 Å². The van der Waals surface area contributed by atoms with Crippen molar-refractivity contribution in [2.45, 2.75) is 12.8 Å². The Balaban J connectivity index is 2.18. The van der Waals surface area contributed by atoms with Gasteiger partial charge >= 0.3 is 0 Å². The Morgan fingerprint density at radius 2 is 2.56 bits per heavy atom. The predicted molar refractivity (Wildman–Crippen MR) is 40.1 cm³/mol. The Kier molecular flexibility index (Phi) is 2.78. The van der Waals surface area contributed by atoms with Gasteiger partial charge in [0.1, 0.15) is 0 Å². The van der Waals surface area contributed by atoms with Crippen LogP contribution in [0.2, 0.25) is 0 Å². The minimum atomic E-state index is 0.784. The molecule has 0 bridgehead atoms. The van der Waals surface area contributed by atoms with E-state index in [2.05, 4.69) is 24.4 Å². The molecule has 1 saturated heterocycles. The number of rotatable bonds is 2. The lowest BCUT2D eigenvalue weighted by Crippen LogP contribution is -2.07. The van der Waals surface area contributed by atoms with Crippen molar-refractivity contribution in [1.82, 2.24) is 5.32 Å². The summed E-state index contributed by atoms with van der Waals surface area (Å²) in [5.41, 5.74) is 0. The first kappa shape index (κ1) is 6.81. The molecule has 0 aromatic rings. The zero-order chi connectivity index (χ0) is 6.53. The standard InChI is InChI=1S/C8H14N/c1-2-3-4-8-5-6-9-7-8/h3-4,8-9H,1-2,5-7H2. The van der Waals surface area contributed by atoms with E-state index < -0.39 is 0 Å². The van der Waals surface area contributed by atoms with Crippen LogP contribution >= 0.6 is 0 Å².